The number of carbonyl (C=O) groups is 1. The first-order valence-corrected chi connectivity index (χ1v) is 6.50. The van der Waals surface area contributed by atoms with Crippen molar-refractivity contribution in [3.05, 3.63) is 35.8 Å². The van der Waals surface area contributed by atoms with Crippen LogP contribution in [0.5, 0.6) is 0 Å². The van der Waals surface area contributed by atoms with Crippen LogP contribution < -0.4 is 0 Å². The van der Waals surface area contributed by atoms with E-state index < -0.39 is 5.97 Å². The standard InChI is InChI=1S/C15H16N2O3/c1-15(2)7-9(3-4-20-15)11-5-10-6-12(14(18)19)17-13(10)8-16-11/h3,5-6,8,17H,4,7H2,1-2H3,(H,18,19). The van der Waals surface area contributed by atoms with Crippen molar-refractivity contribution in [2.75, 3.05) is 6.61 Å². The van der Waals surface area contributed by atoms with Gasteiger partial charge in [0.15, 0.2) is 0 Å². The van der Waals surface area contributed by atoms with Gasteiger partial charge in [0.1, 0.15) is 5.69 Å². The maximum Gasteiger partial charge on any atom is 0.352 e. The zero-order chi connectivity index (χ0) is 14.3. The second-order valence-electron chi connectivity index (χ2n) is 5.62. The molecule has 0 saturated carbocycles. The molecule has 0 unspecified atom stereocenters. The maximum absolute atomic E-state index is 11.0. The number of fused-ring (bicyclic) bond motifs is 1. The Balaban J connectivity index is 2.00. The SMILES string of the molecule is CC1(C)CC(c2cc3cc(C(=O)O)[nH]c3cn2)=CCO1. The molecule has 2 aromatic heterocycles. The summed E-state index contributed by atoms with van der Waals surface area (Å²) in [5.74, 6) is -0.964. The lowest BCUT2D eigenvalue weighted by Crippen LogP contribution is -2.28. The molecule has 104 valence electrons. The fourth-order valence-electron chi connectivity index (χ4n) is 2.47. The Kier molecular flexibility index (Phi) is 2.87. The summed E-state index contributed by atoms with van der Waals surface area (Å²) in [7, 11) is 0. The summed E-state index contributed by atoms with van der Waals surface area (Å²) < 4.78 is 5.65. The zero-order valence-electron chi connectivity index (χ0n) is 11.4. The van der Waals surface area contributed by atoms with E-state index in [-0.39, 0.29) is 11.3 Å². The topological polar surface area (TPSA) is 75.2 Å². The number of aromatic carboxylic acids is 1. The van der Waals surface area contributed by atoms with E-state index in [0.717, 1.165) is 28.6 Å². The van der Waals surface area contributed by atoms with Crippen LogP contribution >= 0.6 is 0 Å². The summed E-state index contributed by atoms with van der Waals surface area (Å²) in [4.78, 5) is 18.2. The first-order valence-electron chi connectivity index (χ1n) is 6.50. The third kappa shape index (κ3) is 2.32. The first kappa shape index (κ1) is 12.9. The van der Waals surface area contributed by atoms with Crippen LogP contribution in [0.4, 0.5) is 0 Å². The predicted octanol–water partition coefficient (Wildman–Crippen LogP) is 2.84. The molecule has 0 aliphatic carbocycles. The molecule has 1 aliphatic rings. The molecule has 0 radical (unpaired) electrons. The van der Waals surface area contributed by atoms with E-state index in [1.807, 2.05) is 12.1 Å². The van der Waals surface area contributed by atoms with Gasteiger partial charge in [0, 0.05) is 11.8 Å². The summed E-state index contributed by atoms with van der Waals surface area (Å²) >= 11 is 0. The number of rotatable bonds is 2. The van der Waals surface area contributed by atoms with E-state index in [9.17, 15) is 4.79 Å². The van der Waals surface area contributed by atoms with Gasteiger partial charge in [-0.2, -0.15) is 0 Å². The number of carboxylic acid groups (broad SMARTS) is 1. The fourth-order valence-corrected chi connectivity index (χ4v) is 2.47. The molecule has 0 fully saturated rings. The number of carboxylic acids is 1. The summed E-state index contributed by atoms with van der Waals surface area (Å²) in [6, 6.07) is 3.55. The van der Waals surface area contributed by atoms with Crippen molar-refractivity contribution in [3.8, 4) is 0 Å². The van der Waals surface area contributed by atoms with Gasteiger partial charge in [-0.25, -0.2) is 4.79 Å². The third-order valence-corrected chi connectivity index (χ3v) is 3.48. The number of ether oxygens (including phenoxy) is 1. The normalized spacial score (nSPS) is 18.0. The summed E-state index contributed by atoms with van der Waals surface area (Å²) in [6.07, 6.45) is 4.51. The van der Waals surface area contributed by atoms with Gasteiger partial charge in [-0.05, 0) is 31.6 Å². The molecule has 20 heavy (non-hydrogen) atoms. The molecular weight excluding hydrogens is 256 g/mol. The van der Waals surface area contributed by atoms with Crippen LogP contribution in [-0.2, 0) is 4.74 Å². The van der Waals surface area contributed by atoms with E-state index in [1.54, 1.807) is 12.3 Å². The van der Waals surface area contributed by atoms with Gasteiger partial charge in [0.05, 0.1) is 29.6 Å². The van der Waals surface area contributed by atoms with Gasteiger partial charge in [0.25, 0.3) is 0 Å². The molecule has 5 heteroatoms. The average molecular weight is 272 g/mol. The first-order chi connectivity index (χ1) is 9.44. The van der Waals surface area contributed by atoms with Crippen LogP contribution in [-0.4, -0.2) is 33.3 Å². The summed E-state index contributed by atoms with van der Waals surface area (Å²) in [5.41, 5.74) is 2.75. The molecule has 0 bridgehead atoms. The van der Waals surface area contributed by atoms with Crippen LogP contribution in [0.15, 0.2) is 24.4 Å². The van der Waals surface area contributed by atoms with Crippen molar-refractivity contribution < 1.29 is 14.6 Å². The number of nitrogens with one attached hydrogen (secondary N) is 1. The smallest absolute Gasteiger partial charge is 0.352 e. The van der Waals surface area contributed by atoms with Crippen molar-refractivity contribution in [3.63, 3.8) is 0 Å². The average Bonchev–Trinajstić information content (AvgIpc) is 2.80. The molecule has 3 rings (SSSR count). The van der Waals surface area contributed by atoms with Crippen molar-refractivity contribution >= 4 is 22.4 Å². The number of H-pyrrole nitrogens is 1. The summed E-state index contributed by atoms with van der Waals surface area (Å²) in [5, 5.41) is 9.85. The van der Waals surface area contributed by atoms with Gasteiger partial charge >= 0.3 is 5.97 Å². The third-order valence-electron chi connectivity index (χ3n) is 3.48. The van der Waals surface area contributed by atoms with Crippen LogP contribution in [0, 0.1) is 0 Å². The highest BCUT2D eigenvalue weighted by Gasteiger charge is 2.25. The zero-order valence-corrected chi connectivity index (χ0v) is 11.4. The largest absolute Gasteiger partial charge is 0.477 e. The summed E-state index contributed by atoms with van der Waals surface area (Å²) in [6.45, 7) is 4.68. The van der Waals surface area contributed by atoms with Gasteiger partial charge in [-0.1, -0.05) is 6.08 Å². The Bertz CT molecular complexity index is 713. The molecule has 0 aromatic carbocycles. The molecule has 0 atom stereocenters. The number of aromatic amines is 1. The second kappa shape index (κ2) is 4.45. The Hall–Kier alpha value is -2.14. The Morgan fingerprint density at radius 1 is 1.45 bits per heavy atom. The van der Waals surface area contributed by atoms with E-state index >= 15 is 0 Å². The number of hydrogen-bond acceptors (Lipinski definition) is 3. The number of aromatic nitrogens is 2. The second-order valence-corrected chi connectivity index (χ2v) is 5.62. The van der Waals surface area contributed by atoms with E-state index in [2.05, 4.69) is 23.8 Å². The van der Waals surface area contributed by atoms with E-state index in [1.165, 1.54) is 0 Å². The fraction of sp³-hybridized carbons (Fsp3) is 0.333. The van der Waals surface area contributed by atoms with E-state index in [0.29, 0.717) is 6.61 Å². The molecule has 5 nitrogen and oxygen atoms in total. The molecule has 2 aromatic rings. The van der Waals surface area contributed by atoms with Gasteiger partial charge < -0.3 is 14.8 Å². The van der Waals surface area contributed by atoms with Crippen molar-refractivity contribution in [2.45, 2.75) is 25.9 Å². The van der Waals surface area contributed by atoms with Crippen molar-refractivity contribution in [2.24, 2.45) is 0 Å². The minimum Gasteiger partial charge on any atom is -0.477 e. The quantitative estimate of drug-likeness (QED) is 0.881. The lowest BCUT2D eigenvalue weighted by Gasteiger charge is -2.30. The molecule has 0 amide bonds. The number of nitrogens with zero attached hydrogens (tertiary/aromatic N) is 1. The lowest BCUT2D eigenvalue weighted by atomic mass is 9.93. The van der Waals surface area contributed by atoms with Crippen molar-refractivity contribution in [1.82, 2.24) is 9.97 Å². The highest BCUT2D eigenvalue weighted by atomic mass is 16.5. The molecular formula is C15H16N2O3. The Morgan fingerprint density at radius 3 is 2.95 bits per heavy atom. The number of pyridine rings is 1. The van der Waals surface area contributed by atoms with Gasteiger partial charge in [-0.15, -0.1) is 0 Å². The highest BCUT2D eigenvalue weighted by molar-refractivity contribution is 5.94. The van der Waals surface area contributed by atoms with Crippen LogP contribution in [0.1, 0.15) is 36.5 Å². The van der Waals surface area contributed by atoms with Crippen LogP contribution in [0.3, 0.4) is 0 Å². The molecule has 0 spiro atoms. The Morgan fingerprint density at radius 2 is 2.25 bits per heavy atom. The van der Waals surface area contributed by atoms with E-state index in [4.69, 9.17) is 9.84 Å². The van der Waals surface area contributed by atoms with Crippen molar-refractivity contribution in [1.29, 1.82) is 0 Å². The molecule has 1 aliphatic heterocycles. The minimum absolute atomic E-state index is 0.181. The highest BCUT2D eigenvalue weighted by Crippen LogP contribution is 2.31. The maximum atomic E-state index is 11.0. The molecule has 2 N–H and O–H groups in total. The molecule has 0 saturated heterocycles. The predicted molar refractivity (Wildman–Crippen MR) is 75.7 cm³/mol. The number of hydrogen-bond donors (Lipinski definition) is 2. The molecule has 3 heterocycles. The lowest BCUT2D eigenvalue weighted by molar-refractivity contribution is -0.00306. The monoisotopic (exact) mass is 272 g/mol. The van der Waals surface area contributed by atoms with Gasteiger partial charge in [0.2, 0.25) is 0 Å². The minimum atomic E-state index is -0.964. The van der Waals surface area contributed by atoms with Gasteiger partial charge in [-0.3, -0.25) is 4.98 Å². The van der Waals surface area contributed by atoms with Crippen LogP contribution in [0.25, 0.3) is 16.5 Å². The van der Waals surface area contributed by atoms with Crippen LogP contribution in [0.2, 0.25) is 0 Å². The Labute approximate surface area is 116 Å².